The van der Waals surface area contributed by atoms with Crippen LogP contribution in [0.3, 0.4) is 0 Å². The number of hydrogen-bond acceptors (Lipinski definition) is 4. The Kier molecular flexibility index (Phi) is 2.04. The lowest BCUT2D eigenvalue weighted by Crippen LogP contribution is -2.15. The van der Waals surface area contributed by atoms with Crippen molar-refractivity contribution in [1.29, 1.82) is 0 Å². The van der Waals surface area contributed by atoms with E-state index in [0.717, 1.165) is 16.8 Å². The van der Waals surface area contributed by atoms with Gasteiger partial charge >= 0.3 is 0 Å². The van der Waals surface area contributed by atoms with Crippen LogP contribution in [0.25, 0.3) is 11.4 Å². The third kappa shape index (κ3) is 1.42. The van der Waals surface area contributed by atoms with E-state index < -0.39 is 0 Å². The molecule has 0 radical (unpaired) electrons. The van der Waals surface area contributed by atoms with E-state index in [1.807, 2.05) is 12.1 Å². The zero-order valence-corrected chi connectivity index (χ0v) is 8.53. The van der Waals surface area contributed by atoms with Crippen LogP contribution in [0.4, 0.5) is 0 Å². The molecule has 3 heterocycles. The molecule has 0 amide bonds. The Morgan fingerprint density at radius 3 is 2.81 bits per heavy atom. The molecule has 0 spiro atoms. The molecule has 80 valence electrons. The molecule has 16 heavy (non-hydrogen) atoms. The van der Waals surface area contributed by atoms with Gasteiger partial charge in [-0.05, 0) is 12.1 Å². The maximum absolute atomic E-state index is 11.8. The molecule has 0 saturated carbocycles. The summed E-state index contributed by atoms with van der Waals surface area (Å²) in [6.45, 7) is 1.27. The predicted molar refractivity (Wildman–Crippen MR) is 58.6 cm³/mol. The van der Waals surface area contributed by atoms with Crippen molar-refractivity contribution in [2.24, 2.45) is 0 Å². The van der Waals surface area contributed by atoms with E-state index in [1.165, 1.54) is 0 Å². The molecule has 0 bridgehead atoms. The summed E-state index contributed by atoms with van der Waals surface area (Å²) in [7, 11) is 0. The third-order valence-electron chi connectivity index (χ3n) is 2.65. The van der Waals surface area contributed by atoms with Crippen LogP contribution in [0.5, 0.6) is 0 Å². The fraction of sp³-hybridized carbons (Fsp3) is 0.182. The van der Waals surface area contributed by atoms with Gasteiger partial charge in [0.2, 0.25) is 0 Å². The van der Waals surface area contributed by atoms with E-state index in [9.17, 15) is 4.79 Å². The fourth-order valence-electron chi connectivity index (χ4n) is 1.83. The first kappa shape index (κ1) is 9.23. The van der Waals surface area contributed by atoms with Gasteiger partial charge in [0, 0.05) is 31.0 Å². The normalized spacial score (nSPS) is 13.8. The molecule has 0 aliphatic carbocycles. The number of aromatic amines is 1. The van der Waals surface area contributed by atoms with Crippen LogP contribution in [0.15, 0.2) is 29.3 Å². The predicted octanol–water partition coefficient (Wildman–Crippen LogP) is 0.435. The maximum Gasteiger partial charge on any atom is 0.255 e. The SMILES string of the molecule is O=c1[nH]c(-c2ccncc2)nc2c1CNC2. The van der Waals surface area contributed by atoms with Gasteiger partial charge in [-0.2, -0.15) is 0 Å². The Morgan fingerprint density at radius 2 is 2.00 bits per heavy atom. The van der Waals surface area contributed by atoms with E-state index in [1.54, 1.807) is 12.4 Å². The van der Waals surface area contributed by atoms with E-state index >= 15 is 0 Å². The highest BCUT2D eigenvalue weighted by Gasteiger charge is 2.16. The van der Waals surface area contributed by atoms with Gasteiger partial charge < -0.3 is 10.3 Å². The van der Waals surface area contributed by atoms with Gasteiger partial charge in [0.15, 0.2) is 0 Å². The first-order valence-corrected chi connectivity index (χ1v) is 5.08. The Morgan fingerprint density at radius 1 is 1.19 bits per heavy atom. The van der Waals surface area contributed by atoms with Crippen LogP contribution in [-0.4, -0.2) is 15.0 Å². The van der Waals surface area contributed by atoms with Crippen molar-refractivity contribution in [2.45, 2.75) is 13.1 Å². The monoisotopic (exact) mass is 214 g/mol. The smallest absolute Gasteiger partial charge is 0.255 e. The molecule has 2 N–H and O–H groups in total. The van der Waals surface area contributed by atoms with Gasteiger partial charge in [0.05, 0.1) is 11.3 Å². The molecule has 5 nitrogen and oxygen atoms in total. The number of fused-ring (bicyclic) bond motifs is 1. The van der Waals surface area contributed by atoms with Crippen molar-refractivity contribution < 1.29 is 0 Å². The number of nitrogens with zero attached hydrogens (tertiary/aromatic N) is 2. The molecule has 0 fully saturated rings. The van der Waals surface area contributed by atoms with Gasteiger partial charge in [-0.1, -0.05) is 0 Å². The average molecular weight is 214 g/mol. The van der Waals surface area contributed by atoms with Crippen molar-refractivity contribution in [2.75, 3.05) is 0 Å². The van der Waals surface area contributed by atoms with E-state index in [-0.39, 0.29) is 5.56 Å². The minimum atomic E-state index is -0.0539. The van der Waals surface area contributed by atoms with Gasteiger partial charge in [0.1, 0.15) is 5.82 Å². The summed E-state index contributed by atoms with van der Waals surface area (Å²) in [5.74, 6) is 0.606. The van der Waals surface area contributed by atoms with Crippen molar-refractivity contribution >= 4 is 0 Å². The second-order valence-electron chi connectivity index (χ2n) is 3.68. The van der Waals surface area contributed by atoms with Gasteiger partial charge in [-0.3, -0.25) is 9.78 Å². The number of H-pyrrole nitrogens is 1. The zero-order chi connectivity index (χ0) is 11.0. The molecule has 1 aliphatic rings. The van der Waals surface area contributed by atoms with Crippen molar-refractivity contribution in [3.05, 3.63) is 46.1 Å². The number of pyridine rings is 1. The van der Waals surface area contributed by atoms with Crippen LogP contribution >= 0.6 is 0 Å². The van der Waals surface area contributed by atoms with Gasteiger partial charge in [-0.15, -0.1) is 0 Å². The van der Waals surface area contributed by atoms with Crippen LogP contribution < -0.4 is 10.9 Å². The number of hydrogen-bond donors (Lipinski definition) is 2. The lowest BCUT2D eigenvalue weighted by molar-refractivity contribution is 0.757. The molecular formula is C11H10N4O. The molecule has 5 heteroatoms. The summed E-state index contributed by atoms with van der Waals surface area (Å²) in [6, 6.07) is 3.65. The second kappa shape index (κ2) is 3.53. The second-order valence-corrected chi connectivity index (χ2v) is 3.68. The molecule has 0 aromatic carbocycles. The summed E-state index contributed by atoms with van der Waals surface area (Å²) in [5, 5.41) is 3.11. The summed E-state index contributed by atoms with van der Waals surface area (Å²) in [6.07, 6.45) is 3.36. The lowest BCUT2D eigenvalue weighted by atomic mass is 10.2. The topological polar surface area (TPSA) is 70.7 Å². The molecule has 3 rings (SSSR count). The van der Waals surface area contributed by atoms with E-state index in [4.69, 9.17) is 0 Å². The number of rotatable bonds is 1. The molecule has 2 aromatic heterocycles. The summed E-state index contributed by atoms with van der Waals surface area (Å²) in [5.41, 5.74) is 2.41. The molecule has 0 atom stereocenters. The van der Waals surface area contributed by atoms with Crippen LogP contribution in [0, 0.1) is 0 Å². The largest absolute Gasteiger partial charge is 0.307 e. The highest BCUT2D eigenvalue weighted by Crippen LogP contribution is 2.15. The Labute approximate surface area is 91.6 Å². The summed E-state index contributed by atoms with van der Waals surface area (Å²) in [4.78, 5) is 22.9. The fourth-order valence-corrected chi connectivity index (χ4v) is 1.83. The molecule has 0 saturated heterocycles. The third-order valence-corrected chi connectivity index (χ3v) is 2.65. The van der Waals surface area contributed by atoms with Crippen LogP contribution in [0.2, 0.25) is 0 Å². The first-order chi connectivity index (χ1) is 7.84. The van der Waals surface area contributed by atoms with E-state index in [2.05, 4.69) is 20.3 Å². The number of aromatic nitrogens is 3. The molecular weight excluding hydrogens is 204 g/mol. The highest BCUT2D eigenvalue weighted by atomic mass is 16.1. The zero-order valence-electron chi connectivity index (χ0n) is 8.53. The maximum atomic E-state index is 11.8. The number of nitrogens with one attached hydrogen (secondary N) is 2. The average Bonchev–Trinajstić information content (AvgIpc) is 2.79. The Balaban J connectivity index is 2.17. The molecule has 0 unspecified atom stereocenters. The Bertz CT molecular complexity index is 576. The van der Waals surface area contributed by atoms with E-state index in [0.29, 0.717) is 18.9 Å². The van der Waals surface area contributed by atoms with Crippen molar-refractivity contribution in [1.82, 2.24) is 20.3 Å². The minimum Gasteiger partial charge on any atom is -0.307 e. The van der Waals surface area contributed by atoms with Crippen molar-refractivity contribution in [3.8, 4) is 11.4 Å². The molecule has 2 aromatic rings. The van der Waals surface area contributed by atoms with Gasteiger partial charge in [-0.25, -0.2) is 4.98 Å². The standard InChI is InChI=1S/C11H10N4O/c16-11-8-5-13-6-9(8)14-10(15-11)7-1-3-12-4-2-7/h1-4,13H,5-6H2,(H,14,15,16). The lowest BCUT2D eigenvalue weighted by Gasteiger charge is -2.02. The minimum absolute atomic E-state index is 0.0539. The molecule has 1 aliphatic heterocycles. The summed E-state index contributed by atoms with van der Waals surface area (Å²) >= 11 is 0. The quantitative estimate of drug-likeness (QED) is 0.722. The summed E-state index contributed by atoms with van der Waals surface area (Å²) < 4.78 is 0. The van der Waals surface area contributed by atoms with Crippen LogP contribution in [0.1, 0.15) is 11.3 Å². The van der Waals surface area contributed by atoms with Crippen LogP contribution in [-0.2, 0) is 13.1 Å². The highest BCUT2D eigenvalue weighted by molar-refractivity contribution is 5.54. The van der Waals surface area contributed by atoms with Crippen molar-refractivity contribution in [3.63, 3.8) is 0 Å². The first-order valence-electron chi connectivity index (χ1n) is 5.08. The van der Waals surface area contributed by atoms with Gasteiger partial charge in [0.25, 0.3) is 5.56 Å². The Hall–Kier alpha value is -2.01.